The summed E-state index contributed by atoms with van der Waals surface area (Å²) in [5.74, 6) is 1.04. The monoisotopic (exact) mass is 249 g/mol. The maximum Gasteiger partial charge on any atom is 0.125 e. The van der Waals surface area contributed by atoms with Crippen LogP contribution in [0.4, 0.5) is 0 Å². The summed E-state index contributed by atoms with van der Waals surface area (Å²) in [6.45, 7) is 0. The first-order valence-electron chi connectivity index (χ1n) is 5.59. The first kappa shape index (κ1) is 12.1. The highest BCUT2D eigenvalue weighted by Gasteiger charge is 2.14. The molecule has 0 aliphatic rings. The quantitative estimate of drug-likeness (QED) is 0.903. The van der Waals surface area contributed by atoms with Gasteiger partial charge < -0.3 is 9.88 Å². The molecule has 3 nitrogen and oxygen atoms in total. The molecule has 0 fully saturated rings. The number of nitrogens with one attached hydrogen (secondary N) is 1. The Morgan fingerprint density at radius 2 is 2.06 bits per heavy atom. The molecular weight excluding hydrogens is 234 g/mol. The van der Waals surface area contributed by atoms with Crippen molar-refractivity contribution in [3.8, 4) is 0 Å². The number of halogens is 1. The van der Waals surface area contributed by atoms with Crippen LogP contribution in [0.3, 0.4) is 0 Å². The first-order chi connectivity index (χ1) is 8.20. The van der Waals surface area contributed by atoms with E-state index in [4.69, 9.17) is 11.6 Å². The Morgan fingerprint density at radius 1 is 1.35 bits per heavy atom. The van der Waals surface area contributed by atoms with Gasteiger partial charge in [-0.25, -0.2) is 4.98 Å². The van der Waals surface area contributed by atoms with Crippen molar-refractivity contribution in [2.75, 3.05) is 7.05 Å². The fourth-order valence-electron chi connectivity index (χ4n) is 1.89. The summed E-state index contributed by atoms with van der Waals surface area (Å²) >= 11 is 5.87. The molecule has 1 heterocycles. The molecule has 1 atom stereocenters. The van der Waals surface area contributed by atoms with Crippen LogP contribution in [0.15, 0.2) is 36.7 Å². The second kappa shape index (κ2) is 5.34. The number of nitrogens with zero attached hydrogens (tertiary/aromatic N) is 2. The van der Waals surface area contributed by atoms with Crippen LogP contribution in [-0.4, -0.2) is 16.6 Å². The number of aromatic nitrogens is 2. The summed E-state index contributed by atoms with van der Waals surface area (Å²) in [5, 5.41) is 4.06. The Hall–Kier alpha value is -1.32. The molecule has 2 rings (SSSR count). The predicted molar refractivity (Wildman–Crippen MR) is 70.2 cm³/mol. The van der Waals surface area contributed by atoms with E-state index in [0.29, 0.717) is 0 Å². The Bertz CT molecular complexity index is 476. The summed E-state index contributed by atoms with van der Waals surface area (Å²) < 4.78 is 2.04. The van der Waals surface area contributed by atoms with E-state index in [1.807, 2.05) is 43.2 Å². The number of rotatable bonds is 4. The van der Waals surface area contributed by atoms with Gasteiger partial charge in [0.15, 0.2) is 0 Å². The van der Waals surface area contributed by atoms with Gasteiger partial charge in [0.1, 0.15) is 5.82 Å². The van der Waals surface area contributed by atoms with Gasteiger partial charge >= 0.3 is 0 Å². The van der Waals surface area contributed by atoms with E-state index < -0.39 is 0 Å². The molecule has 0 spiro atoms. The van der Waals surface area contributed by atoms with Crippen LogP contribution in [-0.2, 0) is 13.5 Å². The van der Waals surface area contributed by atoms with Crippen LogP contribution in [0.2, 0.25) is 5.02 Å². The molecule has 0 bridgehead atoms. The highest BCUT2D eigenvalue weighted by molar-refractivity contribution is 6.30. The highest BCUT2D eigenvalue weighted by atomic mass is 35.5. The molecule has 90 valence electrons. The molecule has 0 saturated carbocycles. The summed E-state index contributed by atoms with van der Waals surface area (Å²) in [6.07, 6.45) is 4.68. The van der Waals surface area contributed by atoms with Crippen molar-refractivity contribution in [3.05, 3.63) is 53.1 Å². The van der Waals surface area contributed by atoms with Gasteiger partial charge in [-0.2, -0.15) is 0 Å². The van der Waals surface area contributed by atoms with Crippen LogP contribution in [0, 0.1) is 0 Å². The molecule has 4 heteroatoms. The van der Waals surface area contributed by atoms with Crippen molar-refractivity contribution in [3.63, 3.8) is 0 Å². The molecule has 1 unspecified atom stereocenters. The largest absolute Gasteiger partial charge is 0.337 e. The lowest BCUT2D eigenvalue weighted by Gasteiger charge is -2.16. The standard InChI is InChI=1S/C13H16ClN3/c1-15-12(13-16-7-8-17(13)2)9-10-3-5-11(14)6-4-10/h3-8,12,15H,9H2,1-2H3. The maximum atomic E-state index is 5.87. The van der Waals surface area contributed by atoms with E-state index >= 15 is 0 Å². The van der Waals surface area contributed by atoms with Crippen molar-refractivity contribution in [2.45, 2.75) is 12.5 Å². The molecule has 17 heavy (non-hydrogen) atoms. The van der Waals surface area contributed by atoms with Gasteiger partial charge in [-0.15, -0.1) is 0 Å². The molecule has 0 aliphatic heterocycles. The molecule has 1 aromatic heterocycles. The van der Waals surface area contributed by atoms with Crippen LogP contribution >= 0.6 is 11.6 Å². The predicted octanol–water partition coefficient (Wildman–Crippen LogP) is 2.58. The Labute approximate surface area is 106 Å². The van der Waals surface area contributed by atoms with Crippen molar-refractivity contribution in [1.29, 1.82) is 0 Å². The minimum Gasteiger partial charge on any atom is -0.337 e. The van der Waals surface area contributed by atoms with E-state index in [1.54, 1.807) is 0 Å². The van der Waals surface area contributed by atoms with Crippen molar-refractivity contribution >= 4 is 11.6 Å². The molecule has 0 radical (unpaired) electrons. The van der Waals surface area contributed by atoms with E-state index in [-0.39, 0.29) is 6.04 Å². The third-order valence-corrected chi connectivity index (χ3v) is 3.12. The first-order valence-corrected chi connectivity index (χ1v) is 5.97. The van der Waals surface area contributed by atoms with Crippen LogP contribution in [0.25, 0.3) is 0 Å². The third kappa shape index (κ3) is 2.87. The SMILES string of the molecule is CNC(Cc1ccc(Cl)cc1)c1nccn1C. The minimum absolute atomic E-state index is 0.219. The van der Waals surface area contributed by atoms with Crippen LogP contribution < -0.4 is 5.32 Å². The number of hydrogen-bond donors (Lipinski definition) is 1. The van der Waals surface area contributed by atoms with Gasteiger partial charge in [-0.1, -0.05) is 23.7 Å². The summed E-state index contributed by atoms with van der Waals surface area (Å²) in [4.78, 5) is 4.38. The van der Waals surface area contributed by atoms with Gasteiger partial charge in [-0.05, 0) is 31.2 Å². The zero-order chi connectivity index (χ0) is 12.3. The lowest BCUT2D eigenvalue weighted by molar-refractivity contribution is 0.538. The number of hydrogen-bond acceptors (Lipinski definition) is 2. The topological polar surface area (TPSA) is 29.9 Å². The van der Waals surface area contributed by atoms with E-state index in [0.717, 1.165) is 17.3 Å². The Kier molecular flexibility index (Phi) is 3.82. The smallest absolute Gasteiger partial charge is 0.125 e. The van der Waals surface area contributed by atoms with Gasteiger partial charge in [0.05, 0.1) is 6.04 Å². The zero-order valence-corrected chi connectivity index (χ0v) is 10.8. The van der Waals surface area contributed by atoms with Gasteiger partial charge in [0, 0.05) is 24.5 Å². The molecule has 1 N–H and O–H groups in total. The summed E-state index contributed by atoms with van der Waals surface area (Å²) in [7, 11) is 3.96. The summed E-state index contributed by atoms with van der Waals surface area (Å²) in [6, 6.07) is 8.16. The molecule has 1 aromatic carbocycles. The van der Waals surface area contributed by atoms with E-state index in [9.17, 15) is 0 Å². The fraction of sp³-hybridized carbons (Fsp3) is 0.308. The van der Waals surface area contributed by atoms with Crippen LogP contribution in [0.5, 0.6) is 0 Å². The molecule has 0 amide bonds. The minimum atomic E-state index is 0.219. The number of aryl methyl sites for hydroxylation is 1. The highest BCUT2D eigenvalue weighted by Crippen LogP contribution is 2.17. The lowest BCUT2D eigenvalue weighted by atomic mass is 10.1. The second-order valence-corrected chi connectivity index (χ2v) is 4.50. The van der Waals surface area contributed by atoms with Gasteiger partial charge in [0.25, 0.3) is 0 Å². The fourth-order valence-corrected chi connectivity index (χ4v) is 2.02. The molecule has 0 aliphatic carbocycles. The molecular formula is C13H16ClN3. The van der Waals surface area contributed by atoms with Crippen molar-refractivity contribution in [1.82, 2.24) is 14.9 Å². The number of likely N-dealkylation sites (N-methyl/N-ethyl adjacent to an activating group) is 1. The summed E-state index contributed by atoms with van der Waals surface area (Å²) in [5.41, 5.74) is 1.25. The van der Waals surface area contributed by atoms with E-state index in [2.05, 4.69) is 22.4 Å². The lowest BCUT2D eigenvalue weighted by Crippen LogP contribution is -2.22. The normalized spacial score (nSPS) is 12.6. The van der Waals surface area contributed by atoms with E-state index in [1.165, 1.54) is 5.56 Å². The second-order valence-electron chi connectivity index (χ2n) is 4.07. The maximum absolute atomic E-state index is 5.87. The van der Waals surface area contributed by atoms with Crippen LogP contribution in [0.1, 0.15) is 17.4 Å². The molecule has 2 aromatic rings. The molecule has 0 saturated heterocycles. The Balaban J connectivity index is 2.16. The van der Waals surface area contributed by atoms with Gasteiger partial charge in [-0.3, -0.25) is 0 Å². The Morgan fingerprint density at radius 3 is 2.59 bits per heavy atom. The average Bonchev–Trinajstić information content (AvgIpc) is 2.75. The average molecular weight is 250 g/mol. The van der Waals surface area contributed by atoms with Gasteiger partial charge in [0.2, 0.25) is 0 Å². The number of benzene rings is 1. The zero-order valence-electron chi connectivity index (χ0n) is 10.0. The van der Waals surface area contributed by atoms with Crippen molar-refractivity contribution in [2.24, 2.45) is 7.05 Å². The number of imidazole rings is 1. The third-order valence-electron chi connectivity index (χ3n) is 2.87. The van der Waals surface area contributed by atoms with Crippen molar-refractivity contribution < 1.29 is 0 Å².